The van der Waals surface area contributed by atoms with E-state index in [9.17, 15) is 88.2 Å². The van der Waals surface area contributed by atoms with Crippen molar-refractivity contribution in [3.8, 4) is 5.75 Å². The third-order valence-corrected chi connectivity index (χ3v) is 5.91. The van der Waals surface area contributed by atoms with Crippen LogP contribution in [0.3, 0.4) is 0 Å². The van der Waals surface area contributed by atoms with Crippen molar-refractivity contribution in [2.75, 3.05) is 13.7 Å². The Morgan fingerprint density at radius 1 is 0.702 bits per heavy atom. The molecule has 23 heteroatoms. The van der Waals surface area contributed by atoms with Crippen LogP contribution in [0.2, 0.25) is 0 Å². The van der Waals surface area contributed by atoms with Gasteiger partial charge in [0.1, 0.15) is 5.75 Å². The Hall–Kier alpha value is -3.43. The molecule has 0 heterocycles. The molecule has 1 aromatic carbocycles. The van der Waals surface area contributed by atoms with Crippen LogP contribution in [0.15, 0.2) is 41.9 Å². The molecule has 1 rings (SSSR count). The molecule has 0 amide bonds. The number of benzene rings is 1. The number of hydrogen-bond acceptors (Lipinski definition) is 4. The molecule has 0 radical (unpaired) electrons. The van der Waals surface area contributed by atoms with Gasteiger partial charge in [0.15, 0.2) is 5.71 Å². The molecule has 1 aromatic rings. The lowest BCUT2D eigenvalue weighted by Crippen LogP contribution is -2.74. The summed E-state index contributed by atoms with van der Waals surface area (Å²) in [7, 11) is 1.21. The predicted octanol–water partition coefficient (Wildman–Crippen LogP) is 9.31. The summed E-state index contributed by atoms with van der Waals surface area (Å²) >= 11 is 0. The number of carbonyl (C=O) groups is 1. The number of rotatable bonds is 16. The standard InChI is InChI=1S/C24H18F19NO3/c1-3-9-16(25,26)14(44-12-5-7-13(46-2)8-6-12)15(45)47-11-4-10-17(27,28)18(29,30)19(31,32)20(33,34)21(35,36)22(37,38)23(39,40)24(41,42)43/h3,5-8H,1,4,9-11H2,2H3. The van der Waals surface area contributed by atoms with Gasteiger partial charge in [0.05, 0.1) is 19.4 Å². The first-order valence-electron chi connectivity index (χ1n) is 11.9. The molecule has 0 aliphatic carbocycles. The zero-order valence-electron chi connectivity index (χ0n) is 22.8. The van der Waals surface area contributed by atoms with Gasteiger partial charge in [0.2, 0.25) is 0 Å². The Labute approximate surface area is 250 Å². The summed E-state index contributed by atoms with van der Waals surface area (Å²) in [5.74, 6) is -63.8. The second kappa shape index (κ2) is 13.2. The van der Waals surface area contributed by atoms with E-state index in [-0.39, 0.29) is 11.4 Å². The number of halogens is 19. The van der Waals surface area contributed by atoms with E-state index in [0.29, 0.717) is 6.08 Å². The summed E-state index contributed by atoms with van der Waals surface area (Å²) in [4.78, 5) is 15.5. The van der Waals surface area contributed by atoms with Crippen molar-refractivity contribution in [2.45, 2.75) is 72.8 Å². The van der Waals surface area contributed by atoms with Crippen molar-refractivity contribution in [1.82, 2.24) is 0 Å². The lowest BCUT2D eigenvalue weighted by atomic mass is 9.88. The highest BCUT2D eigenvalue weighted by Crippen LogP contribution is 2.64. The van der Waals surface area contributed by atoms with E-state index in [4.69, 9.17) is 4.74 Å². The van der Waals surface area contributed by atoms with Gasteiger partial charge in [-0.3, -0.25) is 0 Å². The monoisotopic (exact) mass is 729 g/mol. The molecule has 0 aliphatic heterocycles. The number of aliphatic imine (C=N–C) groups is 1. The molecule has 0 N–H and O–H groups in total. The Kier molecular flexibility index (Phi) is 11.7. The average molecular weight is 729 g/mol. The maximum atomic E-state index is 14.5. The van der Waals surface area contributed by atoms with Gasteiger partial charge in [-0.05, 0) is 30.7 Å². The van der Waals surface area contributed by atoms with Gasteiger partial charge < -0.3 is 9.47 Å². The number of carbonyl (C=O) groups excluding carboxylic acids is 1. The van der Waals surface area contributed by atoms with E-state index in [2.05, 4.69) is 16.3 Å². The minimum Gasteiger partial charge on any atom is -0.497 e. The first kappa shape index (κ1) is 41.6. The summed E-state index contributed by atoms with van der Waals surface area (Å²) in [5.41, 5.74) is -2.16. The fraction of sp³-hybridized carbons (Fsp3) is 0.583. The van der Waals surface area contributed by atoms with Crippen molar-refractivity contribution < 1.29 is 97.7 Å². The molecule has 0 aliphatic rings. The van der Waals surface area contributed by atoms with Crippen LogP contribution in [-0.2, 0) is 9.53 Å². The van der Waals surface area contributed by atoms with Gasteiger partial charge in [0.25, 0.3) is 5.92 Å². The van der Waals surface area contributed by atoms with Crippen LogP contribution < -0.4 is 4.74 Å². The van der Waals surface area contributed by atoms with Crippen LogP contribution in [0, 0.1) is 0 Å². The van der Waals surface area contributed by atoms with Crippen LogP contribution in [0.1, 0.15) is 19.3 Å². The topological polar surface area (TPSA) is 47.9 Å². The third kappa shape index (κ3) is 7.36. The molecule has 0 atom stereocenters. The summed E-state index contributed by atoms with van der Waals surface area (Å²) in [6.45, 7) is 1.26. The molecule has 0 aromatic heterocycles. The van der Waals surface area contributed by atoms with Crippen LogP contribution >= 0.6 is 0 Å². The van der Waals surface area contributed by atoms with Crippen LogP contribution in [0.25, 0.3) is 0 Å². The van der Waals surface area contributed by atoms with Crippen molar-refractivity contribution in [3.05, 3.63) is 36.9 Å². The number of methoxy groups -OCH3 is 1. The molecular formula is C24H18F19NO3. The molecule has 270 valence electrons. The Bertz CT molecular complexity index is 1290. The van der Waals surface area contributed by atoms with E-state index >= 15 is 0 Å². The minimum atomic E-state index is -8.77. The van der Waals surface area contributed by atoms with Crippen LogP contribution in [0.4, 0.5) is 89.1 Å². The molecule has 4 nitrogen and oxygen atoms in total. The lowest BCUT2D eigenvalue weighted by molar-refractivity contribution is -0.461. The van der Waals surface area contributed by atoms with E-state index in [1.807, 2.05) is 0 Å². The molecule has 47 heavy (non-hydrogen) atoms. The van der Waals surface area contributed by atoms with Crippen LogP contribution in [0.5, 0.6) is 5.75 Å². The highest BCUT2D eigenvalue weighted by Gasteiger charge is 2.95. The first-order chi connectivity index (χ1) is 20.8. The smallest absolute Gasteiger partial charge is 0.460 e. The zero-order valence-corrected chi connectivity index (χ0v) is 22.8. The van der Waals surface area contributed by atoms with Crippen molar-refractivity contribution >= 4 is 17.4 Å². The fourth-order valence-electron chi connectivity index (χ4n) is 3.22. The van der Waals surface area contributed by atoms with Gasteiger partial charge in [-0.1, -0.05) is 6.08 Å². The fourth-order valence-corrected chi connectivity index (χ4v) is 3.22. The van der Waals surface area contributed by atoms with E-state index in [1.165, 1.54) is 7.11 Å². The van der Waals surface area contributed by atoms with E-state index in [0.717, 1.165) is 24.3 Å². The second-order valence-corrected chi connectivity index (χ2v) is 9.24. The molecule has 0 bridgehead atoms. The number of allylic oxidation sites excluding steroid dienone is 1. The quantitative estimate of drug-likeness (QED) is 0.0561. The van der Waals surface area contributed by atoms with E-state index in [1.54, 1.807) is 0 Å². The van der Waals surface area contributed by atoms with Crippen molar-refractivity contribution in [3.63, 3.8) is 0 Å². The summed E-state index contributed by atoms with van der Waals surface area (Å²) in [5, 5.41) is 0. The summed E-state index contributed by atoms with van der Waals surface area (Å²) < 4.78 is 265. The number of hydrogen-bond donors (Lipinski definition) is 0. The average Bonchev–Trinajstić information content (AvgIpc) is 2.92. The molecule has 0 unspecified atom stereocenters. The van der Waals surface area contributed by atoms with Crippen molar-refractivity contribution in [1.29, 1.82) is 0 Å². The predicted molar refractivity (Wildman–Crippen MR) is 121 cm³/mol. The van der Waals surface area contributed by atoms with Gasteiger partial charge >= 0.3 is 53.6 Å². The molecule has 0 saturated carbocycles. The Morgan fingerprint density at radius 2 is 1.13 bits per heavy atom. The lowest BCUT2D eigenvalue weighted by Gasteiger charge is -2.42. The number of ether oxygens (including phenoxy) is 2. The number of alkyl halides is 19. The number of esters is 1. The maximum Gasteiger partial charge on any atom is 0.460 e. The highest BCUT2D eigenvalue weighted by molar-refractivity contribution is 6.39. The van der Waals surface area contributed by atoms with Crippen molar-refractivity contribution in [2.24, 2.45) is 4.99 Å². The summed E-state index contributed by atoms with van der Waals surface area (Å²) in [6.07, 6.45) is -13.4. The minimum absolute atomic E-state index is 0.170. The van der Waals surface area contributed by atoms with Gasteiger partial charge in [-0.25, -0.2) is 9.79 Å². The van der Waals surface area contributed by atoms with Gasteiger partial charge in [0, 0.05) is 12.8 Å². The largest absolute Gasteiger partial charge is 0.497 e. The molecule has 0 saturated heterocycles. The Morgan fingerprint density at radius 3 is 1.53 bits per heavy atom. The first-order valence-corrected chi connectivity index (χ1v) is 11.9. The number of nitrogens with zero attached hydrogens (tertiary/aromatic N) is 1. The third-order valence-electron chi connectivity index (χ3n) is 5.91. The highest BCUT2D eigenvalue weighted by atomic mass is 19.4. The zero-order chi connectivity index (χ0) is 37.3. The van der Waals surface area contributed by atoms with Crippen LogP contribution in [-0.4, -0.2) is 79.0 Å². The SMILES string of the molecule is C=CCC(F)(F)C(=Nc1ccc(OC)cc1)C(=O)OCCCC(F)(F)C(F)(F)C(F)(F)C(F)(F)C(F)(F)C(F)(F)C(F)(F)C(F)(F)F. The molecule has 0 fully saturated rings. The van der Waals surface area contributed by atoms with E-state index < -0.39 is 91.1 Å². The molecular weight excluding hydrogens is 711 g/mol. The Balaban J connectivity index is 3.27. The second-order valence-electron chi connectivity index (χ2n) is 9.24. The molecule has 0 spiro atoms. The van der Waals surface area contributed by atoms with Gasteiger partial charge in [-0.15, -0.1) is 6.58 Å². The summed E-state index contributed by atoms with van der Waals surface area (Å²) in [6, 6.07) is 4.35. The van der Waals surface area contributed by atoms with Gasteiger partial charge in [-0.2, -0.15) is 83.4 Å². The maximum absolute atomic E-state index is 14.5. The normalized spacial score (nSPS) is 15.0.